The van der Waals surface area contributed by atoms with Crippen LogP contribution in [0, 0.1) is 18.6 Å². The lowest BCUT2D eigenvalue weighted by Gasteiger charge is -2.19. The number of hydrogen-bond acceptors (Lipinski definition) is 1. The van der Waals surface area contributed by atoms with E-state index in [1.54, 1.807) is 6.92 Å². The zero-order chi connectivity index (χ0) is 15.6. The minimum Gasteiger partial charge on any atom is -0.320 e. The standard InChI is InChI=1S/C18H21F2N/c1-4-12-7-8-13(5-2)14(10-12)18(21)16-15(19)9-6-11(3)17(16)20/h6-10,18H,4-5,21H2,1-3H3. The molecule has 1 nitrogen and oxygen atoms in total. The summed E-state index contributed by atoms with van der Waals surface area (Å²) in [5.41, 5.74) is 9.52. The minimum absolute atomic E-state index is 0.0436. The average Bonchev–Trinajstić information content (AvgIpc) is 2.50. The van der Waals surface area contributed by atoms with Crippen LogP contribution in [0.1, 0.15) is 47.7 Å². The van der Waals surface area contributed by atoms with E-state index in [0.717, 1.165) is 29.5 Å². The summed E-state index contributed by atoms with van der Waals surface area (Å²) < 4.78 is 28.4. The van der Waals surface area contributed by atoms with Crippen molar-refractivity contribution < 1.29 is 8.78 Å². The van der Waals surface area contributed by atoms with Crippen molar-refractivity contribution in [3.05, 3.63) is 69.8 Å². The van der Waals surface area contributed by atoms with Crippen molar-refractivity contribution in [1.82, 2.24) is 0 Å². The molecule has 3 heteroatoms. The molecule has 0 bridgehead atoms. The van der Waals surface area contributed by atoms with Crippen molar-refractivity contribution >= 4 is 0 Å². The highest BCUT2D eigenvalue weighted by Crippen LogP contribution is 2.29. The van der Waals surface area contributed by atoms with Crippen molar-refractivity contribution in [3.8, 4) is 0 Å². The van der Waals surface area contributed by atoms with Gasteiger partial charge in [0.2, 0.25) is 0 Å². The fraction of sp³-hybridized carbons (Fsp3) is 0.333. The molecule has 1 atom stereocenters. The Morgan fingerprint density at radius 2 is 1.76 bits per heavy atom. The van der Waals surface area contributed by atoms with E-state index in [4.69, 9.17) is 5.73 Å². The third-order valence-corrected chi connectivity index (χ3v) is 3.97. The van der Waals surface area contributed by atoms with E-state index in [1.807, 2.05) is 32.0 Å². The van der Waals surface area contributed by atoms with E-state index >= 15 is 0 Å². The molecule has 0 aromatic heterocycles. The van der Waals surface area contributed by atoms with Crippen LogP contribution < -0.4 is 5.73 Å². The van der Waals surface area contributed by atoms with Crippen LogP contribution in [0.3, 0.4) is 0 Å². The molecule has 0 heterocycles. The van der Waals surface area contributed by atoms with Crippen molar-refractivity contribution in [2.75, 3.05) is 0 Å². The Kier molecular flexibility index (Phi) is 4.73. The molecule has 0 fully saturated rings. The zero-order valence-corrected chi connectivity index (χ0v) is 12.7. The Bertz CT molecular complexity index is 650. The number of rotatable bonds is 4. The number of halogens is 2. The fourth-order valence-electron chi connectivity index (χ4n) is 2.59. The minimum atomic E-state index is -0.786. The lowest BCUT2D eigenvalue weighted by Crippen LogP contribution is -2.18. The molecule has 2 aromatic carbocycles. The Hall–Kier alpha value is -1.74. The Balaban J connectivity index is 2.59. The van der Waals surface area contributed by atoms with Gasteiger partial charge in [0, 0.05) is 5.56 Å². The van der Waals surface area contributed by atoms with Crippen LogP contribution in [0.15, 0.2) is 30.3 Å². The Morgan fingerprint density at radius 3 is 2.38 bits per heavy atom. The van der Waals surface area contributed by atoms with Gasteiger partial charge in [0.15, 0.2) is 0 Å². The summed E-state index contributed by atoms with van der Waals surface area (Å²) in [6.07, 6.45) is 1.64. The summed E-state index contributed by atoms with van der Waals surface area (Å²) in [5.74, 6) is -1.14. The van der Waals surface area contributed by atoms with Crippen LogP contribution in [0.5, 0.6) is 0 Å². The fourth-order valence-corrected chi connectivity index (χ4v) is 2.59. The maximum atomic E-state index is 14.3. The molecule has 21 heavy (non-hydrogen) atoms. The SMILES string of the molecule is CCc1ccc(CC)c(C(N)c2c(F)ccc(C)c2F)c1. The molecule has 0 amide bonds. The summed E-state index contributed by atoms with van der Waals surface area (Å²) >= 11 is 0. The van der Waals surface area contributed by atoms with Crippen molar-refractivity contribution in [2.24, 2.45) is 5.73 Å². The first-order chi connectivity index (χ1) is 9.99. The molecule has 0 saturated carbocycles. The third kappa shape index (κ3) is 2.98. The third-order valence-electron chi connectivity index (χ3n) is 3.97. The van der Waals surface area contributed by atoms with Crippen molar-refractivity contribution in [3.63, 3.8) is 0 Å². The number of hydrogen-bond donors (Lipinski definition) is 1. The highest BCUT2D eigenvalue weighted by molar-refractivity contribution is 5.42. The number of nitrogens with two attached hydrogens (primary N) is 1. The maximum absolute atomic E-state index is 14.3. The number of benzene rings is 2. The van der Waals surface area contributed by atoms with Gasteiger partial charge in [0.25, 0.3) is 0 Å². The van der Waals surface area contributed by atoms with E-state index in [-0.39, 0.29) is 5.56 Å². The van der Waals surface area contributed by atoms with Crippen LogP contribution in [0.25, 0.3) is 0 Å². The van der Waals surface area contributed by atoms with Gasteiger partial charge in [-0.1, -0.05) is 38.1 Å². The molecule has 0 aliphatic rings. The largest absolute Gasteiger partial charge is 0.320 e. The van der Waals surface area contributed by atoms with E-state index in [9.17, 15) is 8.78 Å². The second kappa shape index (κ2) is 6.35. The second-order valence-electron chi connectivity index (χ2n) is 5.31. The van der Waals surface area contributed by atoms with E-state index < -0.39 is 17.7 Å². The monoisotopic (exact) mass is 289 g/mol. The molecule has 2 N–H and O–H groups in total. The van der Waals surface area contributed by atoms with Gasteiger partial charge >= 0.3 is 0 Å². The zero-order valence-electron chi connectivity index (χ0n) is 12.7. The lowest BCUT2D eigenvalue weighted by molar-refractivity contribution is 0.537. The number of aryl methyl sites for hydroxylation is 3. The van der Waals surface area contributed by atoms with Gasteiger partial charge in [-0.15, -0.1) is 0 Å². The van der Waals surface area contributed by atoms with Gasteiger partial charge in [-0.2, -0.15) is 0 Å². The summed E-state index contributed by atoms with van der Waals surface area (Å²) in [7, 11) is 0. The Morgan fingerprint density at radius 1 is 1.05 bits per heavy atom. The van der Waals surface area contributed by atoms with E-state index in [2.05, 4.69) is 0 Å². The molecule has 0 aliphatic carbocycles. The summed E-state index contributed by atoms with van der Waals surface area (Å²) in [4.78, 5) is 0. The molecule has 0 spiro atoms. The molecule has 2 rings (SSSR count). The van der Waals surface area contributed by atoms with Crippen LogP contribution in [-0.4, -0.2) is 0 Å². The summed E-state index contributed by atoms with van der Waals surface area (Å²) in [6.45, 7) is 5.68. The smallest absolute Gasteiger partial charge is 0.134 e. The van der Waals surface area contributed by atoms with Crippen molar-refractivity contribution in [2.45, 2.75) is 39.7 Å². The van der Waals surface area contributed by atoms with Gasteiger partial charge in [0.1, 0.15) is 11.6 Å². The quantitative estimate of drug-likeness (QED) is 0.884. The molecule has 0 saturated heterocycles. The van der Waals surface area contributed by atoms with Crippen LogP contribution in [0.4, 0.5) is 8.78 Å². The first kappa shape index (κ1) is 15.6. The van der Waals surface area contributed by atoms with Crippen LogP contribution >= 0.6 is 0 Å². The maximum Gasteiger partial charge on any atom is 0.134 e. The van der Waals surface area contributed by atoms with Gasteiger partial charge in [-0.25, -0.2) is 8.78 Å². The predicted molar refractivity (Wildman–Crippen MR) is 82.3 cm³/mol. The highest BCUT2D eigenvalue weighted by Gasteiger charge is 2.21. The average molecular weight is 289 g/mol. The normalized spacial score (nSPS) is 12.5. The second-order valence-corrected chi connectivity index (χ2v) is 5.31. The van der Waals surface area contributed by atoms with E-state index in [0.29, 0.717) is 5.56 Å². The molecular formula is C18H21F2N. The molecule has 112 valence electrons. The van der Waals surface area contributed by atoms with Gasteiger partial charge in [0.05, 0.1) is 6.04 Å². The predicted octanol–water partition coefficient (Wildman–Crippen LogP) is 4.45. The topological polar surface area (TPSA) is 26.0 Å². The van der Waals surface area contributed by atoms with Gasteiger partial charge in [-0.05, 0) is 48.1 Å². The molecule has 0 radical (unpaired) electrons. The molecule has 1 unspecified atom stereocenters. The van der Waals surface area contributed by atoms with E-state index in [1.165, 1.54) is 12.1 Å². The lowest BCUT2D eigenvalue weighted by atomic mass is 9.90. The Labute approximate surface area is 124 Å². The molecule has 0 aliphatic heterocycles. The van der Waals surface area contributed by atoms with Crippen LogP contribution in [0.2, 0.25) is 0 Å². The van der Waals surface area contributed by atoms with Gasteiger partial charge in [-0.3, -0.25) is 0 Å². The first-order valence-electron chi connectivity index (χ1n) is 7.31. The first-order valence-corrected chi connectivity index (χ1v) is 7.31. The molecule has 2 aromatic rings. The van der Waals surface area contributed by atoms with Crippen molar-refractivity contribution in [1.29, 1.82) is 0 Å². The van der Waals surface area contributed by atoms with Gasteiger partial charge < -0.3 is 5.73 Å². The summed E-state index contributed by atoms with van der Waals surface area (Å²) in [6, 6.07) is 7.93. The highest BCUT2D eigenvalue weighted by atomic mass is 19.1. The molecular weight excluding hydrogens is 268 g/mol. The van der Waals surface area contributed by atoms with Crippen LogP contribution in [-0.2, 0) is 12.8 Å². The summed E-state index contributed by atoms with van der Waals surface area (Å²) in [5, 5.41) is 0.